The van der Waals surface area contributed by atoms with Crippen LogP contribution in [0.5, 0.6) is 5.75 Å². The van der Waals surface area contributed by atoms with Gasteiger partial charge in [-0.3, -0.25) is 0 Å². The molecule has 1 atom stereocenters. The number of aryl methyl sites for hydroxylation is 1. The van der Waals surface area contributed by atoms with Crippen LogP contribution in [0.3, 0.4) is 0 Å². The SMILES string of the molecule is COc1ccc(-n2nc(CC(C#N)c3cccc(C)c3)cc2-c2ccc(Cl)c(Cl)c2)cc1. The van der Waals surface area contributed by atoms with Crippen molar-refractivity contribution in [2.24, 2.45) is 0 Å². The third-order valence-corrected chi connectivity index (χ3v) is 6.04. The molecule has 0 saturated carbocycles. The highest BCUT2D eigenvalue weighted by Crippen LogP contribution is 2.32. The van der Waals surface area contributed by atoms with Crippen molar-refractivity contribution < 1.29 is 4.74 Å². The van der Waals surface area contributed by atoms with E-state index < -0.39 is 0 Å². The molecule has 0 spiro atoms. The Bertz CT molecular complexity index is 1290. The maximum absolute atomic E-state index is 9.84. The van der Waals surface area contributed by atoms with Crippen molar-refractivity contribution in [2.75, 3.05) is 7.11 Å². The fraction of sp³-hybridized carbons (Fsp3) is 0.154. The standard InChI is InChI=1S/C26H21Cl2N3O/c1-17-4-3-5-18(12-17)20(16-29)13-21-15-26(19-6-11-24(27)25(28)14-19)31(30-21)22-7-9-23(32-2)10-8-22/h3-12,14-15,20H,13H2,1-2H3. The lowest BCUT2D eigenvalue weighted by Crippen LogP contribution is -2.03. The summed E-state index contributed by atoms with van der Waals surface area (Å²) in [6.07, 6.45) is 0.497. The Morgan fingerprint density at radius 2 is 1.78 bits per heavy atom. The summed E-state index contributed by atoms with van der Waals surface area (Å²) in [5, 5.41) is 15.7. The number of aromatic nitrogens is 2. The Labute approximate surface area is 197 Å². The van der Waals surface area contributed by atoms with Gasteiger partial charge in [0.2, 0.25) is 0 Å². The van der Waals surface area contributed by atoms with Crippen molar-refractivity contribution in [3.63, 3.8) is 0 Å². The van der Waals surface area contributed by atoms with Gasteiger partial charge in [-0.25, -0.2) is 4.68 Å². The van der Waals surface area contributed by atoms with E-state index in [-0.39, 0.29) is 5.92 Å². The van der Waals surface area contributed by atoms with Gasteiger partial charge in [-0.1, -0.05) is 59.1 Å². The second-order valence-electron chi connectivity index (χ2n) is 7.56. The molecule has 0 bridgehead atoms. The first-order valence-corrected chi connectivity index (χ1v) is 10.9. The number of hydrogen-bond acceptors (Lipinski definition) is 3. The molecule has 4 rings (SSSR count). The van der Waals surface area contributed by atoms with E-state index in [0.717, 1.165) is 39.5 Å². The number of halogens is 2. The molecule has 0 aliphatic rings. The van der Waals surface area contributed by atoms with Gasteiger partial charge in [0.05, 0.1) is 46.2 Å². The lowest BCUT2D eigenvalue weighted by atomic mass is 9.94. The van der Waals surface area contributed by atoms with Crippen LogP contribution in [-0.4, -0.2) is 16.9 Å². The van der Waals surface area contributed by atoms with Gasteiger partial charge in [0.25, 0.3) is 0 Å². The summed E-state index contributed by atoms with van der Waals surface area (Å²) < 4.78 is 7.14. The summed E-state index contributed by atoms with van der Waals surface area (Å²) in [4.78, 5) is 0. The zero-order chi connectivity index (χ0) is 22.7. The van der Waals surface area contributed by atoms with Gasteiger partial charge >= 0.3 is 0 Å². The Morgan fingerprint density at radius 3 is 2.44 bits per heavy atom. The third kappa shape index (κ3) is 4.65. The molecule has 0 radical (unpaired) electrons. The minimum atomic E-state index is -0.296. The van der Waals surface area contributed by atoms with Crippen LogP contribution in [0.15, 0.2) is 72.8 Å². The zero-order valence-electron chi connectivity index (χ0n) is 17.7. The maximum atomic E-state index is 9.84. The second-order valence-corrected chi connectivity index (χ2v) is 8.37. The highest BCUT2D eigenvalue weighted by molar-refractivity contribution is 6.42. The summed E-state index contributed by atoms with van der Waals surface area (Å²) in [6, 6.07) is 25.7. The van der Waals surface area contributed by atoms with Crippen LogP contribution in [0.2, 0.25) is 10.0 Å². The average molecular weight is 462 g/mol. The molecule has 0 aliphatic heterocycles. The number of nitriles is 1. The van der Waals surface area contributed by atoms with Gasteiger partial charge < -0.3 is 4.74 Å². The van der Waals surface area contributed by atoms with Crippen molar-refractivity contribution in [1.29, 1.82) is 5.26 Å². The van der Waals surface area contributed by atoms with Crippen molar-refractivity contribution in [3.8, 4) is 28.8 Å². The number of rotatable bonds is 6. The molecule has 160 valence electrons. The molecule has 1 aromatic heterocycles. The molecule has 0 N–H and O–H groups in total. The Kier molecular flexibility index (Phi) is 6.50. The molecule has 1 unspecified atom stereocenters. The smallest absolute Gasteiger partial charge is 0.119 e. The number of benzene rings is 3. The highest BCUT2D eigenvalue weighted by atomic mass is 35.5. The molecule has 4 aromatic rings. The van der Waals surface area contributed by atoms with E-state index in [2.05, 4.69) is 6.07 Å². The number of ether oxygens (including phenoxy) is 1. The number of nitrogens with zero attached hydrogens (tertiary/aromatic N) is 3. The van der Waals surface area contributed by atoms with Gasteiger partial charge in [-0.15, -0.1) is 0 Å². The predicted octanol–water partition coefficient (Wildman–Crippen LogP) is 7.01. The van der Waals surface area contributed by atoms with Crippen molar-refractivity contribution in [3.05, 3.63) is 99.7 Å². The van der Waals surface area contributed by atoms with E-state index in [4.69, 9.17) is 33.0 Å². The molecule has 32 heavy (non-hydrogen) atoms. The summed E-state index contributed by atoms with van der Waals surface area (Å²) >= 11 is 12.4. The van der Waals surface area contributed by atoms with E-state index in [1.54, 1.807) is 13.2 Å². The minimum Gasteiger partial charge on any atom is -0.497 e. The molecule has 1 heterocycles. The van der Waals surface area contributed by atoms with Crippen molar-refractivity contribution in [1.82, 2.24) is 9.78 Å². The molecule has 6 heteroatoms. The van der Waals surface area contributed by atoms with Crippen LogP contribution in [0.4, 0.5) is 0 Å². The van der Waals surface area contributed by atoms with Gasteiger partial charge in [0, 0.05) is 12.0 Å². The average Bonchev–Trinajstić information content (AvgIpc) is 3.23. The molecule has 3 aromatic carbocycles. The summed E-state index contributed by atoms with van der Waals surface area (Å²) in [7, 11) is 1.63. The number of methoxy groups -OCH3 is 1. The fourth-order valence-corrected chi connectivity index (χ4v) is 3.94. The predicted molar refractivity (Wildman–Crippen MR) is 129 cm³/mol. The van der Waals surface area contributed by atoms with Crippen molar-refractivity contribution in [2.45, 2.75) is 19.3 Å². The van der Waals surface area contributed by atoms with Gasteiger partial charge in [0.1, 0.15) is 5.75 Å². The highest BCUT2D eigenvalue weighted by Gasteiger charge is 2.18. The maximum Gasteiger partial charge on any atom is 0.119 e. The minimum absolute atomic E-state index is 0.296. The van der Waals surface area contributed by atoms with Gasteiger partial charge in [-0.05, 0) is 55.0 Å². The van der Waals surface area contributed by atoms with E-state index in [0.29, 0.717) is 16.5 Å². The van der Waals surface area contributed by atoms with E-state index in [1.807, 2.05) is 78.3 Å². The summed E-state index contributed by atoms with van der Waals surface area (Å²) in [5.41, 5.74) is 5.56. The first-order valence-electron chi connectivity index (χ1n) is 10.1. The molecule has 0 fully saturated rings. The summed E-state index contributed by atoms with van der Waals surface area (Å²) in [5.74, 6) is 0.469. The Morgan fingerprint density at radius 1 is 1.00 bits per heavy atom. The molecular formula is C26H21Cl2N3O. The molecule has 4 nitrogen and oxygen atoms in total. The number of hydrogen-bond donors (Lipinski definition) is 0. The van der Waals surface area contributed by atoms with Crippen LogP contribution in [0, 0.1) is 18.3 Å². The van der Waals surface area contributed by atoms with E-state index >= 15 is 0 Å². The zero-order valence-corrected chi connectivity index (χ0v) is 19.2. The Balaban J connectivity index is 1.77. The van der Waals surface area contributed by atoms with Gasteiger partial charge in [0.15, 0.2) is 0 Å². The molecular weight excluding hydrogens is 441 g/mol. The van der Waals surface area contributed by atoms with Gasteiger partial charge in [-0.2, -0.15) is 10.4 Å². The lowest BCUT2D eigenvalue weighted by Gasteiger charge is -2.09. The van der Waals surface area contributed by atoms with Crippen LogP contribution in [-0.2, 0) is 6.42 Å². The monoisotopic (exact) mass is 461 g/mol. The van der Waals surface area contributed by atoms with E-state index in [1.165, 1.54) is 0 Å². The van der Waals surface area contributed by atoms with Crippen LogP contribution < -0.4 is 4.74 Å². The first-order chi connectivity index (χ1) is 15.5. The lowest BCUT2D eigenvalue weighted by molar-refractivity contribution is 0.414. The Hall–Kier alpha value is -3.26. The topological polar surface area (TPSA) is 50.8 Å². The second kappa shape index (κ2) is 9.48. The van der Waals surface area contributed by atoms with Crippen LogP contribution in [0.25, 0.3) is 16.9 Å². The van der Waals surface area contributed by atoms with E-state index in [9.17, 15) is 5.26 Å². The van der Waals surface area contributed by atoms with Crippen LogP contribution >= 0.6 is 23.2 Å². The first kappa shape index (κ1) is 22.0. The molecule has 0 aliphatic carbocycles. The normalized spacial score (nSPS) is 11.7. The fourth-order valence-electron chi connectivity index (χ4n) is 3.65. The molecule has 0 saturated heterocycles. The third-order valence-electron chi connectivity index (χ3n) is 5.31. The summed E-state index contributed by atoms with van der Waals surface area (Å²) in [6.45, 7) is 2.03. The largest absolute Gasteiger partial charge is 0.497 e. The van der Waals surface area contributed by atoms with Crippen LogP contribution in [0.1, 0.15) is 22.7 Å². The quantitative estimate of drug-likeness (QED) is 0.310. The molecule has 0 amide bonds. The van der Waals surface area contributed by atoms with Crippen molar-refractivity contribution >= 4 is 23.2 Å².